The van der Waals surface area contributed by atoms with E-state index in [0.717, 1.165) is 5.56 Å². The fourth-order valence-corrected chi connectivity index (χ4v) is 2.31. The summed E-state index contributed by atoms with van der Waals surface area (Å²) in [5.74, 6) is 0.436. The van der Waals surface area contributed by atoms with Crippen LogP contribution in [0, 0.1) is 0 Å². The SMILES string of the molecule is CCC(O)(Cc1ccccc1)C(=O)c1ccc(OC)cc1. The standard InChI is InChI=1S/C18H20O3/c1-3-18(20,13-14-7-5-4-6-8-14)17(19)15-9-11-16(21-2)12-10-15/h4-12,20H,3,13H2,1-2H3. The van der Waals surface area contributed by atoms with Crippen molar-refractivity contribution in [2.24, 2.45) is 0 Å². The van der Waals surface area contributed by atoms with Crippen molar-refractivity contribution in [2.75, 3.05) is 7.11 Å². The van der Waals surface area contributed by atoms with E-state index in [1.165, 1.54) is 0 Å². The van der Waals surface area contributed by atoms with E-state index in [1.54, 1.807) is 31.4 Å². The lowest BCUT2D eigenvalue weighted by Crippen LogP contribution is -2.40. The van der Waals surface area contributed by atoms with Crippen LogP contribution in [0.5, 0.6) is 5.75 Å². The zero-order valence-electron chi connectivity index (χ0n) is 12.4. The van der Waals surface area contributed by atoms with Crippen LogP contribution in [-0.4, -0.2) is 23.6 Å². The lowest BCUT2D eigenvalue weighted by molar-refractivity contribution is 0.0298. The Bertz CT molecular complexity index is 590. The van der Waals surface area contributed by atoms with E-state index in [4.69, 9.17) is 4.74 Å². The minimum atomic E-state index is -1.38. The van der Waals surface area contributed by atoms with Gasteiger partial charge in [-0.25, -0.2) is 0 Å². The summed E-state index contributed by atoms with van der Waals surface area (Å²) in [7, 11) is 1.58. The van der Waals surface area contributed by atoms with Crippen LogP contribution in [0.15, 0.2) is 54.6 Å². The third kappa shape index (κ3) is 3.50. The molecule has 0 amide bonds. The summed E-state index contributed by atoms with van der Waals surface area (Å²) in [6.07, 6.45) is 0.682. The van der Waals surface area contributed by atoms with Gasteiger partial charge in [-0.2, -0.15) is 0 Å². The Morgan fingerprint density at radius 1 is 1.10 bits per heavy atom. The number of benzene rings is 2. The number of rotatable bonds is 6. The summed E-state index contributed by atoms with van der Waals surface area (Å²) < 4.78 is 5.08. The average molecular weight is 284 g/mol. The number of hydrogen-bond acceptors (Lipinski definition) is 3. The number of ether oxygens (including phenoxy) is 1. The molecule has 0 radical (unpaired) electrons. The van der Waals surface area contributed by atoms with Gasteiger partial charge in [-0.1, -0.05) is 37.3 Å². The Balaban J connectivity index is 2.23. The van der Waals surface area contributed by atoms with Crippen molar-refractivity contribution in [3.05, 3.63) is 65.7 Å². The highest BCUT2D eigenvalue weighted by atomic mass is 16.5. The highest BCUT2D eigenvalue weighted by molar-refractivity contribution is 6.02. The van der Waals surface area contributed by atoms with Crippen LogP contribution in [0.4, 0.5) is 0 Å². The van der Waals surface area contributed by atoms with Gasteiger partial charge in [-0.05, 0) is 36.2 Å². The molecule has 0 spiro atoms. The molecule has 2 aromatic rings. The molecular weight excluding hydrogens is 264 g/mol. The first-order valence-electron chi connectivity index (χ1n) is 7.04. The van der Waals surface area contributed by atoms with Crippen molar-refractivity contribution >= 4 is 5.78 Å². The summed E-state index contributed by atoms with van der Waals surface area (Å²) >= 11 is 0. The largest absolute Gasteiger partial charge is 0.497 e. The van der Waals surface area contributed by atoms with Crippen LogP contribution in [0.3, 0.4) is 0 Å². The molecule has 0 aliphatic carbocycles. The van der Waals surface area contributed by atoms with Crippen LogP contribution in [0.1, 0.15) is 29.3 Å². The van der Waals surface area contributed by atoms with Crippen LogP contribution in [0.2, 0.25) is 0 Å². The summed E-state index contributed by atoms with van der Waals surface area (Å²) in [4.78, 5) is 12.6. The first-order valence-corrected chi connectivity index (χ1v) is 7.04. The summed E-state index contributed by atoms with van der Waals surface area (Å²) in [5, 5.41) is 10.7. The quantitative estimate of drug-likeness (QED) is 0.828. The van der Waals surface area contributed by atoms with Gasteiger partial charge in [0.2, 0.25) is 0 Å². The van der Waals surface area contributed by atoms with E-state index < -0.39 is 5.60 Å². The molecule has 0 saturated heterocycles. The predicted molar refractivity (Wildman–Crippen MR) is 82.7 cm³/mol. The molecule has 2 aromatic carbocycles. The normalized spacial score (nSPS) is 13.5. The molecule has 1 unspecified atom stereocenters. The van der Waals surface area contributed by atoms with Gasteiger partial charge in [-0.15, -0.1) is 0 Å². The van der Waals surface area contributed by atoms with Crippen LogP contribution in [-0.2, 0) is 6.42 Å². The summed E-state index contributed by atoms with van der Waals surface area (Å²) in [6, 6.07) is 16.4. The second-order valence-corrected chi connectivity index (χ2v) is 5.11. The highest BCUT2D eigenvalue weighted by Gasteiger charge is 2.34. The smallest absolute Gasteiger partial charge is 0.194 e. The van der Waals surface area contributed by atoms with E-state index in [9.17, 15) is 9.90 Å². The molecule has 1 N–H and O–H groups in total. The first-order chi connectivity index (χ1) is 10.1. The molecule has 0 aromatic heterocycles. The maximum atomic E-state index is 12.6. The molecule has 3 heteroatoms. The van der Waals surface area contributed by atoms with Crippen molar-refractivity contribution < 1.29 is 14.6 Å². The Morgan fingerprint density at radius 2 is 1.71 bits per heavy atom. The maximum Gasteiger partial charge on any atom is 0.194 e. The molecule has 0 heterocycles. The highest BCUT2D eigenvalue weighted by Crippen LogP contribution is 2.24. The fraction of sp³-hybridized carbons (Fsp3) is 0.278. The van der Waals surface area contributed by atoms with Crippen molar-refractivity contribution in [1.29, 1.82) is 0 Å². The van der Waals surface area contributed by atoms with Crippen LogP contribution < -0.4 is 4.74 Å². The Kier molecular flexibility index (Phi) is 4.76. The molecule has 110 valence electrons. The van der Waals surface area contributed by atoms with Crippen LogP contribution >= 0.6 is 0 Å². The average Bonchev–Trinajstić information content (AvgIpc) is 2.55. The molecule has 2 rings (SSSR count). The lowest BCUT2D eigenvalue weighted by Gasteiger charge is -2.25. The molecule has 0 saturated carbocycles. The second-order valence-electron chi connectivity index (χ2n) is 5.11. The van der Waals surface area contributed by atoms with E-state index >= 15 is 0 Å². The number of ketones is 1. The fourth-order valence-electron chi connectivity index (χ4n) is 2.31. The number of carbonyl (C=O) groups is 1. The van der Waals surface area contributed by atoms with Gasteiger partial charge in [0.25, 0.3) is 0 Å². The van der Waals surface area contributed by atoms with Gasteiger partial charge in [0, 0.05) is 12.0 Å². The van der Waals surface area contributed by atoms with Crippen molar-refractivity contribution in [2.45, 2.75) is 25.4 Å². The van der Waals surface area contributed by atoms with Gasteiger partial charge in [0.15, 0.2) is 5.78 Å². The number of hydrogen-bond donors (Lipinski definition) is 1. The van der Waals surface area contributed by atoms with E-state index in [2.05, 4.69) is 0 Å². The Labute approximate surface area is 125 Å². The molecule has 0 fully saturated rings. The van der Waals surface area contributed by atoms with E-state index in [0.29, 0.717) is 24.2 Å². The summed E-state index contributed by atoms with van der Waals surface area (Å²) in [6.45, 7) is 1.82. The van der Waals surface area contributed by atoms with Gasteiger partial charge < -0.3 is 9.84 Å². The minimum absolute atomic E-state index is 0.253. The monoisotopic (exact) mass is 284 g/mol. The van der Waals surface area contributed by atoms with Crippen molar-refractivity contribution in [1.82, 2.24) is 0 Å². The van der Waals surface area contributed by atoms with Crippen molar-refractivity contribution in [3.8, 4) is 5.75 Å². The Hall–Kier alpha value is -2.13. The molecule has 21 heavy (non-hydrogen) atoms. The number of methoxy groups -OCH3 is 1. The molecular formula is C18H20O3. The van der Waals surface area contributed by atoms with E-state index in [-0.39, 0.29) is 5.78 Å². The third-order valence-corrected chi connectivity index (χ3v) is 3.70. The number of aliphatic hydroxyl groups is 1. The third-order valence-electron chi connectivity index (χ3n) is 3.70. The molecule has 3 nitrogen and oxygen atoms in total. The molecule has 0 bridgehead atoms. The second kappa shape index (κ2) is 6.55. The molecule has 0 aliphatic heterocycles. The van der Waals surface area contributed by atoms with E-state index in [1.807, 2.05) is 37.3 Å². The van der Waals surface area contributed by atoms with Gasteiger partial charge in [-0.3, -0.25) is 4.79 Å². The molecule has 1 atom stereocenters. The number of Topliss-reactive ketones (excluding diaryl/α,β-unsaturated/α-hetero) is 1. The van der Waals surface area contributed by atoms with Crippen LogP contribution in [0.25, 0.3) is 0 Å². The minimum Gasteiger partial charge on any atom is -0.497 e. The first kappa shape index (κ1) is 15.3. The summed E-state index contributed by atoms with van der Waals surface area (Å²) in [5.41, 5.74) is 0.0652. The van der Waals surface area contributed by atoms with Gasteiger partial charge in [0.05, 0.1) is 7.11 Å². The maximum absolute atomic E-state index is 12.6. The topological polar surface area (TPSA) is 46.5 Å². The molecule has 0 aliphatic rings. The Morgan fingerprint density at radius 3 is 2.24 bits per heavy atom. The lowest BCUT2D eigenvalue weighted by atomic mass is 9.84. The predicted octanol–water partition coefficient (Wildman–Crippen LogP) is 3.26. The zero-order chi connectivity index (χ0) is 15.3. The van der Waals surface area contributed by atoms with Gasteiger partial charge >= 0.3 is 0 Å². The zero-order valence-corrected chi connectivity index (χ0v) is 12.4. The van der Waals surface area contributed by atoms with Crippen molar-refractivity contribution in [3.63, 3.8) is 0 Å². The number of carbonyl (C=O) groups excluding carboxylic acids is 1. The van der Waals surface area contributed by atoms with Gasteiger partial charge in [0.1, 0.15) is 11.4 Å².